The van der Waals surface area contributed by atoms with Crippen LogP contribution in [0.3, 0.4) is 0 Å². The molecule has 0 spiro atoms. The number of nitro groups is 1. The molecule has 0 saturated heterocycles. The van der Waals surface area contributed by atoms with Crippen LogP contribution in [0.5, 0.6) is 5.75 Å². The lowest BCUT2D eigenvalue weighted by atomic mass is 10.1. The molecular weight excluding hydrogens is 369 g/mol. The van der Waals surface area contributed by atoms with Crippen molar-refractivity contribution in [3.63, 3.8) is 0 Å². The van der Waals surface area contributed by atoms with E-state index in [1.54, 1.807) is 12.1 Å². The van der Waals surface area contributed by atoms with Crippen LogP contribution in [-0.2, 0) is 4.79 Å². The lowest BCUT2D eigenvalue weighted by Gasteiger charge is -2.08. The van der Waals surface area contributed by atoms with Gasteiger partial charge in [-0.05, 0) is 29.5 Å². The van der Waals surface area contributed by atoms with Crippen LogP contribution in [0.4, 0.5) is 11.4 Å². The van der Waals surface area contributed by atoms with Gasteiger partial charge in [-0.15, -0.1) is 0 Å². The minimum atomic E-state index is -0.836. The van der Waals surface area contributed by atoms with Crippen LogP contribution in [0, 0.1) is 21.4 Å². The van der Waals surface area contributed by atoms with Gasteiger partial charge in [0.15, 0.2) is 0 Å². The first kappa shape index (κ1) is 18.3. The first-order valence-corrected chi connectivity index (χ1v) is 7.41. The summed E-state index contributed by atoms with van der Waals surface area (Å²) in [7, 11) is 0. The molecule has 2 rings (SSSR count). The number of hydrogen-bond donors (Lipinski definition) is 1. The van der Waals surface area contributed by atoms with Gasteiger partial charge in [0, 0.05) is 6.07 Å². The minimum absolute atomic E-state index is 0.112. The average molecular weight is 377 g/mol. The molecule has 9 heteroatoms. The molecule has 2 aromatic carbocycles. The van der Waals surface area contributed by atoms with E-state index in [9.17, 15) is 20.0 Å². The maximum absolute atomic E-state index is 12.2. The third kappa shape index (κ3) is 4.26. The van der Waals surface area contributed by atoms with Crippen molar-refractivity contribution < 1.29 is 14.8 Å². The number of nitrogens with one attached hydrogen (secondary N) is 1. The molecule has 0 saturated carbocycles. The number of amides is 1. The standard InChI is InChI=1S/C16H9Cl2N3O4/c17-11-2-1-3-12(15(11)18)20-16(23)10(8-19)6-9-4-5-14(22)13(7-9)21(24)25/h1-7,22H,(H,20,23)/p-1/b10-6+. The number of nitriles is 1. The average Bonchev–Trinajstić information content (AvgIpc) is 2.57. The van der Waals surface area contributed by atoms with Crippen LogP contribution in [0.25, 0.3) is 6.08 Å². The molecule has 7 nitrogen and oxygen atoms in total. The Bertz CT molecular complexity index is 935. The zero-order valence-electron chi connectivity index (χ0n) is 12.3. The highest BCUT2D eigenvalue weighted by Crippen LogP contribution is 2.30. The summed E-state index contributed by atoms with van der Waals surface area (Å²) in [6, 6.07) is 9.53. The third-order valence-electron chi connectivity index (χ3n) is 3.06. The molecule has 0 atom stereocenters. The minimum Gasteiger partial charge on any atom is -0.868 e. The van der Waals surface area contributed by atoms with Gasteiger partial charge in [-0.1, -0.05) is 41.4 Å². The van der Waals surface area contributed by atoms with Gasteiger partial charge in [0.1, 0.15) is 11.6 Å². The highest BCUT2D eigenvalue weighted by molar-refractivity contribution is 6.44. The summed E-state index contributed by atoms with van der Waals surface area (Å²) in [6.45, 7) is 0. The topological polar surface area (TPSA) is 119 Å². The zero-order valence-corrected chi connectivity index (χ0v) is 13.8. The number of halogens is 2. The molecule has 1 N–H and O–H groups in total. The van der Waals surface area contributed by atoms with Crippen LogP contribution < -0.4 is 10.4 Å². The molecule has 0 bridgehead atoms. The predicted octanol–water partition coefficient (Wildman–Crippen LogP) is 3.52. The first-order chi connectivity index (χ1) is 11.8. The molecule has 0 fully saturated rings. The van der Waals surface area contributed by atoms with Gasteiger partial charge in [-0.3, -0.25) is 14.9 Å². The van der Waals surface area contributed by atoms with Crippen molar-refractivity contribution in [2.24, 2.45) is 0 Å². The number of carbonyl (C=O) groups is 1. The van der Waals surface area contributed by atoms with Gasteiger partial charge in [0.05, 0.1) is 20.7 Å². The fourth-order valence-electron chi connectivity index (χ4n) is 1.87. The SMILES string of the molecule is N#C/C(=C\c1ccc([O-])c([N+](=O)[O-])c1)C(=O)Nc1cccc(Cl)c1Cl. The second-order valence-electron chi connectivity index (χ2n) is 4.71. The van der Waals surface area contributed by atoms with Gasteiger partial charge in [0.2, 0.25) is 0 Å². The Morgan fingerprint density at radius 3 is 2.64 bits per heavy atom. The third-order valence-corrected chi connectivity index (χ3v) is 3.87. The fraction of sp³-hybridized carbons (Fsp3) is 0. The molecule has 126 valence electrons. The van der Waals surface area contributed by atoms with E-state index in [-0.39, 0.29) is 26.9 Å². The second-order valence-corrected chi connectivity index (χ2v) is 5.49. The largest absolute Gasteiger partial charge is 0.868 e. The summed E-state index contributed by atoms with van der Waals surface area (Å²) in [6.07, 6.45) is 1.13. The smallest absolute Gasteiger partial charge is 0.266 e. The molecule has 0 aliphatic rings. The van der Waals surface area contributed by atoms with Crippen LogP contribution in [0.15, 0.2) is 42.0 Å². The molecule has 0 aliphatic heterocycles. The van der Waals surface area contributed by atoms with E-state index in [1.165, 1.54) is 18.2 Å². The Kier molecular flexibility index (Phi) is 5.60. The quantitative estimate of drug-likeness (QED) is 0.378. The van der Waals surface area contributed by atoms with Crippen molar-refractivity contribution >= 4 is 46.6 Å². The highest BCUT2D eigenvalue weighted by Gasteiger charge is 2.14. The summed E-state index contributed by atoms with van der Waals surface area (Å²) >= 11 is 11.8. The number of rotatable bonds is 4. The molecule has 0 unspecified atom stereocenters. The van der Waals surface area contributed by atoms with Crippen LogP contribution in [0.2, 0.25) is 10.0 Å². The van der Waals surface area contributed by atoms with Crippen molar-refractivity contribution in [3.05, 3.63) is 67.7 Å². The predicted molar refractivity (Wildman–Crippen MR) is 91.2 cm³/mol. The molecule has 0 heterocycles. The highest BCUT2D eigenvalue weighted by atomic mass is 35.5. The van der Waals surface area contributed by atoms with E-state index in [1.807, 2.05) is 0 Å². The maximum atomic E-state index is 12.2. The van der Waals surface area contributed by atoms with E-state index in [0.29, 0.717) is 0 Å². The Hall–Kier alpha value is -3.08. The number of nitro benzene ring substituents is 1. The van der Waals surface area contributed by atoms with Gasteiger partial charge in [0.25, 0.3) is 11.6 Å². The summed E-state index contributed by atoms with van der Waals surface area (Å²) in [5, 5.41) is 34.1. The lowest BCUT2D eigenvalue weighted by molar-refractivity contribution is -0.398. The Balaban J connectivity index is 2.33. The summed E-state index contributed by atoms with van der Waals surface area (Å²) in [5.74, 6) is -1.55. The van der Waals surface area contributed by atoms with Gasteiger partial charge in [-0.2, -0.15) is 5.26 Å². The summed E-state index contributed by atoms with van der Waals surface area (Å²) in [5.41, 5.74) is -0.607. The van der Waals surface area contributed by atoms with Gasteiger partial charge < -0.3 is 10.4 Å². The Labute approximate surface area is 151 Å². The summed E-state index contributed by atoms with van der Waals surface area (Å²) in [4.78, 5) is 22.1. The van der Waals surface area contributed by atoms with E-state index >= 15 is 0 Å². The number of anilines is 1. The summed E-state index contributed by atoms with van der Waals surface area (Å²) < 4.78 is 0. The Morgan fingerprint density at radius 2 is 2.00 bits per heavy atom. The number of hydrogen-bond acceptors (Lipinski definition) is 5. The second kappa shape index (κ2) is 7.66. The fourth-order valence-corrected chi connectivity index (χ4v) is 2.22. The van der Waals surface area contributed by atoms with Crippen molar-refractivity contribution in [1.29, 1.82) is 5.26 Å². The molecule has 0 radical (unpaired) electrons. The molecular formula is C16H8Cl2N3O4-. The molecule has 0 aromatic heterocycles. The normalized spacial score (nSPS) is 10.8. The van der Waals surface area contributed by atoms with Crippen molar-refractivity contribution in [2.45, 2.75) is 0 Å². The lowest BCUT2D eigenvalue weighted by Crippen LogP contribution is -2.13. The van der Waals surface area contributed by atoms with Crippen molar-refractivity contribution in [3.8, 4) is 11.8 Å². The van der Waals surface area contributed by atoms with Crippen LogP contribution >= 0.6 is 23.2 Å². The zero-order chi connectivity index (χ0) is 18.6. The van der Waals surface area contributed by atoms with Crippen LogP contribution in [0.1, 0.15) is 5.56 Å². The van der Waals surface area contributed by atoms with E-state index < -0.39 is 22.3 Å². The number of carbonyl (C=O) groups excluding carboxylic acids is 1. The van der Waals surface area contributed by atoms with Crippen molar-refractivity contribution in [2.75, 3.05) is 5.32 Å². The molecule has 2 aromatic rings. The maximum Gasteiger partial charge on any atom is 0.266 e. The molecule has 25 heavy (non-hydrogen) atoms. The van der Waals surface area contributed by atoms with E-state index in [0.717, 1.165) is 18.2 Å². The molecule has 1 amide bonds. The van der Waals surface area contributed by atoms with Gasteiger partial charge in [-0.25, -0.2) is 0 Å². The first-order valence-electron chi connectivity index (χ1n) is 6.66. The number of benzene rings is 2. The molecule has 0 aliphatic carbocycles. The number of nitrogens with zero attached hydrogens (tertiary/aromatic N) is 2. The Morgan fingerprint density at radius 1 is 1.28 bits per heavy atom. The van der Waals surface area contributed by atoms with E-state index in [2.05, 4.69) is 5.32 Å². The van der Waals surface area contributed by atoms with Gasteiger partial charge >= 0.3 is 0 Å². The monoisotopic (exact) mass is 376 g/mol. The van der Waals surface area contributed by atoms with E-state index in [4.69, 9.17) is 28.5 Å². The van der Waals surface area contributed by atoms with Crippen LogP contribution in [-0.4, -0.2) is 10.8 Å². The van der Waals surface area contributed by atoms with Crippen molar-refractivity contribution in [1.82, 2.24) is 0 Å².